The van der Waals surface area contributed by atoms with Crippen molar-refractivity contribution in [3.8, 4) is 0 Å². The number of carbonyl (C=O) groups excluding carboxylic acids is 2. The topological polar surface area (TPSA) is 81.4 Å². The molecule has 3 rings (SSSR count). The smallest absolute Gasteiger partial charge is 0.340 e. The Morgan fingerprint density at radius 1 is 1.17 bits per heavy atom. The van der Waals surface area contributed by atoms with E-state index in [1.54, 1.807) is 36.4 Å². The fourth-order valence-corrected chi connectivity index (χ4v) is 2.39. The highest BCUT2D eigenvalue weighted by Gasteiger charge is 2.16. The van der Waals surface area contributed by atoms with E-state index in [-0.39, 0.29) is 5.56 Å². The van der Waals surface area contributed by atoms with E-state index in [0.29, 0.717) is 16.8 Å². The molecule has 0 unspecified atom stereocenters. The fraction of sp³-hybridized carbons (Fsp3) is 0.0625. The van der Waals surface area contributed by atoms with Crippen LogP contribution >= 0.6 is 15.9 Å². The highest BCUT2D eigenvalue weighted by molar-refractivity contribution is 9.10. The normalized spacial score (nSPS) is 10.5. The van der Waals surface area contributed by atoms with Crippen molar-refractivity contribution in [1.29, 1.82) is 0 Å². The Labute approximate surface area is 139 Å². The van der Waals surface area contributed by atoms with E-state index in [1.165, 1.54) is 6.39 Å². The molecule has 1 heterocycles. The summed E-state index contributed by atoms with van der Waals surface area (Å²) in [6.45, 7) is -0.394. The van der Waals surface area contributed by atoms with Gasteiger partial charge >= 0.3 is 5.97 Å². The third kappa shape index (κ3) is 3.40. The molecule has 0 spiro atoms. The summed E-state index contributed by atoms with van der Waals surface area (Å²) in [5.41, 5.74) is 1.75. The zero-order valence-corrected chi connectivity index (χ0v) is 13.4. The van der Waals surface area contributed by atoms with Crippen LogP contribution in [0.3, 0.4) is 0 Å². The van der Waals surface area contributed by atoms with Crippen molar-refractivity contribution in [3.63, 3.8) is 0 Å². The number of oxazole rings is 1. The first-order valence-electron chi connectivity index (χ1n) is 6.69. The van der Waals surface area contributed by atoms with Gasteiger partial charge in [0, 0.05) is 4.47 Å². The van der Waals surface area contributed by atoms with E-state index >= 15 is 0 Å². The average molecular weight is 375 g/mol. The van der Waals surface area contributed by atoms with Crippen molar-refractivity contribution < 1.29 is 18.7 Å². The Balaban J connectivity index is 1.64. The molecular weight excluding hydrogens is 364 g/mol. The molecule has 1 N–H and O–H groups in total. The van der Waals surface area contributed by atoms with Crippen molar-refractivity contribution in [2.24, 2.45) is 0 Å². The number of nitrogens with zero attached hydrogens (tertiary/aromatic N) is 1. The van der Waals surface area contributed by atoms with Crippen LogP contribution in [0, 0.1) is 0 Å². The lowest BCUT2D eigenvalue weighted by atomic mass is 10.2. The molecule has 1 amide bonds. The molecular formula is C16H11BrN2O4. The van der Waals surface area contributed by atoms with Crippen molar-refractivity contribution in [1.82, 2.24) is 4.98 Å². The summed E-state index contributed by atoms with van der Waals surface area (Å²) in [5, 5.41) is 2.65. The maximum absolute atomic E-state index is 12.1. The molecule has 0 fully saturated rings. The third-order valence-corrected chi connectivity index (χ3v) is 3.75. The van der Waals surface area contributed by atoms with Crippen LogP contribution in [-0.4, -0.2) is 23.5 Å². The molecule has 6 nitrogen and oxygen atoms in total. The van der Waals surface area contributed by atoms with Gasteiger partial charge in [-0.25, -0.2) is 9.78 Å². The van der Waals surface area contributed by atoms with Gasteiger partial charge in [-0.1, -0.05) is 18.2 Å². The van der Waals surface area contributed by atoms with E-state index in [4.69, 9.17) is 9.15 Å². The minimum atomic E-state index is -0.633. The molecule has 3 aromatic rings. The average Bonchev–Trinajstić information content (AvgIpc) is 3.03. The molecule has 1 aromatic heterocycles. The van der Waals surface area contributed by atoms with E-state index in [0.717, 1.165) is 4.47 Å². The van der Waals surface area contributed by atoms with Crippen LogP contribution in [0.4, 0.5) is 5.69 Å². The Morgan fingerprint density at radius 2 is 2.00 bits per heavy atom. The first-order chi connectivity index (χ1) is 11.1. The van der Waals surface area contributed by atoms with Crippen LogP contribution in [0.5, 0.6) is 0 Å². The number of ether oxygens (including phenoxy) is 1. The lowest BCUT2D eigenvalue weighted by Crippen LogP contribution is -2.21. The Bertz CT molecular complexity index is 875. The maximum atomic E-state index is 12.1. The van der Waals surface area contributed by atoms with Gasteiger partial charge in [0.05, 0.1) is 11.3 Å². The Morgan fingerprint density at radius 3 is 2.83 bits per heavy atom. The second-order valence-electron chi connectivity index (χ2n) is 4.61. The largest absolute Gasteiger partial charge is 0.452 e. The number of amides is 1. The van der Waals surface area contributed by atoms with Crippen LogP contribution in [0.15, 0.2) is 57.7 Å². The number of rotatable bonds is 4. The number of halogens is 1. The molecule has 2 aromatic carbocycles. The standard InChI is InChI=1S/C16H11BrN2O4/c17-11-5-1-2-6-12(11)19-14(20)8-22-16(21)10-4-3-7-13-15(10)18-9-23-13/h1-7,9H,8H2,(H,19,20). The quantitative estimate of drug-likeness (QED) is 0.707. The first kappa shape index (κ1) is 15.2. The van der Waals surface area contributed by atoms with Crippen LogP contribution in [0.25, 0.3) is 11.1 Å². The lowest BCUT2D eigenvalue weighted by molar-refractivity contribution is -0.119. The van der Waals surface area contributed by atoms with E-state index in [2.05, 4.69) is 26.2 Å². The molecule has 23 heavy (non-hydrogen) atoms. The SMILES string of the molecule is O=C(COC(=O)c1cccc2ocnc12)Nc1ccccc1Br. The van der Waals surface area contributed by atoms with Gasteiger partial charge in [0.15, 0.2) is 18.6 Å². The molecule has 0 aliphatic carbocycles. The highest BCUT2D eigenvalue weighted by Crippen LogP contribution is 2.21. The second-order valence-corrected chi connectivity index (χ2v) is 5.46. The predicted octanol–water partition coefficient (Wildman–Crippen LogP) is 3.39. The molecule has 0 saturated heterocycles. The fourth-order valence-electron chi connectivity index (χ4n) is 2.01. The number of hydrogen-bond donors (Lipinski definition) is 1. The van der Waals surface area contributed by atoms with Crippen molar-refractivity contribution >= 4 is 44.6 Å². The second kappa shape index (κ2) is 6.62. The third-order valence-electron chi connectivity index (χ3n) is 3.06. The van der Waals surface area contributed by atoms with Gasteiger partial charge in [0.2, 0.25) is 0 Å². The molecule has 0 radical (unpaired) electrons. The number of para-hydroxylation sites is 2. The number of nitrogens with one attached hydrogen (secondary N) is 1. The zero-order valence-electron chi connectivity index (χ0n) is 11.8. The number of hydrogen-bond acceptors (Lipinski definition) is 5. The Hall–Kier alpha value is -2.67. The summed E-state index contributed by atoms with van der Waals surface area (Å²) >= 11 is 3.32. The summed E-state index contributed by atoms with van der Waals surface area (Å²) in [5.74, 6) is -1.07. The molecule has 0 saturated carbocycles. The minimum Gasteiger partial charge on any atom is -0.452 e. The monoisotopic (exact) mass is 374 g/mol. The number of anilines is 1. The Kier molecular flexibility index (Phi) is 4.38. The van der Waals surface area contributed by atoms with Gasteiger partial charge in [0.25, 0.3) is 5.91 Å². The van der Waals surface area contributed by atoms with Gasteiger partial charge in [-0.2, -0.15) is 0 Å². The predicted molar refractivity (Wildman–Crippen MR) is 87.1 cm³/mol. The number of carbonyl (C=O) groups is 2. The maximum Gasteiger partial charge on any atom is 0.340 e. The zero-order chi connectivity index (χ0) is 16.2. The van der Waals surface area contributed by atoms with Crippen LogP contribution < -0.4 is 5.32 Å². The molecule has 0 bridgehead atoms. The summed E-state index contributed by atoms with van der Waals surface area (Å²) in [6.07, 6.45) is 1.25. The molecule has 116 valence electrons. The van der Waals surface area contributed by atoms with Crippen molar-refractivity contribution in [2.45, 2.75) is 0 Å². The molecule has 0 aliphatic heterocycles. The summed E-state index contributed by atoms with van der Waals surface area (Å²) in [7, 11) is 0. The molecule has 7 heteroatoms. The van der Waals surface area contributed by atoms with Gasteiger partial charge in [-0.15, -0.1) is 0 Å². The highest BCUT2D eigenvalue weighted by atomic mass is 79.9. The summed E-state index contributed by atoms with van der Waals surface area (Å²) < 4.78 is 10.9. The van der Waals surface area contributed by atoms with Crippen LogP contribution in [-0.2, 0) is 9.53 Å². The van der Waals surface area contributed by atoms with E-state index < -0.39 is 18.5 Å². The number of aromatic nitrogens is 1. The van der Waals surface area contributed by atoms with Crippen LogP contribution in [0.1, 0.15) is 10.4 Å². The van der Waals surface area contributed by atoms with Crippen molar-refractivity contribution in [2.75, 3.05) is 11.9 Å². The molecule has 0 atom stereocenters. The lowest BCUT2D eigenvalue weighted by Gasteiger charge is -2.08. The van der Waals surface area contributed by atoms with Gasteiger partial charge in [0.1, 0.15) is 5.52 Å². The van der Waals surface area contributed by atoms with Crippen molar-refractivity contribution in [3.05, 3.63) is 58.9 Å². The van der Waals surface area contributed by atoms with E-state index in [1.807, 2.05) is 6.07 Å². The van der Waals surface area contributed by atoms with Gasteiger partial charge < -0.3 is 14.5 Å². The number of fused-ring (bicyclic) bond motifs is 1. The van der Waals surface area contributed by atoms with Gasteiger partial charge in [-0.05, 0) is 40.2 Å². The summed E-state index contributed by atoms with van der Waals surface area (Å²) in [6, 6.07) is 12.1. The first-order valence-corrected chi connectivity index (χ1v) is 7.48. The number of esters is 1. The van der Waals surface area contributed by atoms with Gasteiger partial charge in [-0.3, -0.25) is 4.79 Å². The molecule has 0 aliphatic rings. The summed E-state index contributed by atoms with van der Waals surface area (Å²) in [4.78, 5) is 27.9. The van der Waals surface area contributed by atoms with E-state index in [9.17, 15) is 9.59 Å². The number of benzene rings is 2. The van der Waals surface area contributed by atoms with Crippen LogP contribution in [0.2, 0.25) is 0 Å². The minimum absolute atomic E-state index is 0.255.